The van der Waals surface area contributed by atoms with E-state index in [0.29, 0.717) is 23.5 Å². The van der Waals surface area contributed by atoms with E-state index in [-0.39, 0.29) is 5.78 Å². The number of hydrogen-bond donors (Lipinski definition) is 1. The molecule has 2 aromatic rings. The van der Waals surface area contributed by atoms with Crippen molar-refractivity contribution in [1.29, 1.82) is 0 Å². The molecule has 3 rings (SSSR count). The van der Waals surface area contributed by atoms with Crippen molar-refractivity contribution in [1.82, 2.24) is 9.80 Å². The van der Waals surface area contributed by atoms with Crippen molar-refractivity contribution in [2.75, 3.05) is 51.3 Å². The van der Waals surface area contributed by atoms with Gasteiger partial charge >= 0.3 is 6.09 Å². The molecule has 0 atom stereocenters. The van der Waals surface area contributed by atoms with Gasteiger partial charge in [0.1, 0.15) is 5.75 Å². The van der Waals surface area contributed by atoms with Crippen LogP contribution in [0.15, 0.2) is 53.4 Å². The normalized spacial score (nSPS) is 15.2. The summed E-state index contributed by atoms with van der Waals surface area (Å²) in [6.45, 7) is 4.19. The van der Waals surface area contributed by atoms with Crippen LogP contribution in [0.1, 0.15) is 10.4 Å². The summed E-state index contributed by atoms with van der Waals surface area (Å²) in [6.07, 6.45) is 1.42. The molecular formula is C21H25N3O3S. The third-order valence-corrected chi connectivity index (χ3v) is 5.39. The van der Waals surface area contributed by atoms with E-state index in [1.807, 2.05) is 24.5 Å². The average molecular weight is 400 g/mol. The number of Topliss-reactive ketones (excluding diaryl/α,β-unsaturated/α-hetero) is 1. The standard InChI is InChI=1S/C21H25N3O3S/c1-23-10-12-24(13-11-23)15-20(25)16-6-8-18(9-7-16)27-21(26)22-17-4-3-5-19(14-17)28-2/h3-9,14H,10-13,15H2,1-2H3,(H,22,26). The Hall–Kier alpha value is -2.35. The van der Waals surface area contributed by atoms with Gasteiger partial charge in [0.15, 0.2) is 5.78 Å². The fourth-order valence-electron chi connectivity index (χ4n) is 2.96. The first-order valence-electron chi connectivity index (χ1n) is 9.20. The first kappa shape index (κ1) is 20.4. The number of anilines is 1. The lowest BCUT2D eigenvalue weighted by Crippen LogP contribution is -2.46. The van der Waals surface area contributed by atoms with Crippen LogP contribution in [0.25, 0.3) is 0 Å². The molecule has 1 aliphatic rings. The lowest BCUT2D eigenvalue weighted by atomic mass is 10.1. The van der Waals surface area contributed by atoms with Crippen LogP contribution in [0.5, 0.6) is 5.75 Å². The quantitative estimate of drug-likeness (QED) is 0.593. The minimum absolute atomic E-state index is 0.0782. The predicted molar refractivity (Wildman–Crippen MR) is 113 cm³/mol. The van der Waals surface area contributed by atoms with Crippen molar-refractivity contribution in [2.45, 2.75) is 4.90 Å². The van der Waals surface area contributed by atoms with E-state index in [4.69, 9.17) is 4.74 Å². The Balaban J connectivity index is 1.52. The van der Waals surface area contributed by atoms with Gasteiger partial charge in [-0.25, -0.2) is 4.79 Å². The van der Waals surface area contributed by atoms with Crippen LogP contribution < -0.4 is 10.1 Å². The molecule has 1 amide bonds. The number of amides is 1. The molecule has 0 aromatic heterocycles. The molecule has 0 radical (unpaired) electrons. The number of carbonyl (C=O) groups is 2. The predicted octanol–water partition coefficient (Wildman–Crippen LogP) is 3.45. The molecule has 1 aliphatic heterocycles. The molecule has 0 saturated carbocycles. The number of ketones is 1. The van der Waals surface area contributed by atoms with E-state index < -0.39 is 6.09 Å². The van der Waals surface area contributed by atoms with Crippen LogP contribution in [-0.4, -0.2) is 67.7 Å². The second kappa shape index (κ2) is 9.73. The van der Waals surface area contributed by atoms with E-state index in [0.717, 1.165) is 31.1 Å². The molecular weight excluding hydrogens is 374 g/mol. The van der Waals surface area contributed by atoms with Gasteiger partial charge in [0.2, 0.25) is 0 Å². The molecule has 0 spiro atoms. The molecule has 1 N–H and O–H groups in total. The van der Waals surface area contributed by atoms with Crippen LogP contribution in [0.4, 0.5) is 10.5 Å². The SMILES string of the molecule is CSc1cccc(NC(=O)Oc2ccc(C(=O)CN3CCN(C)CC3)cc2)c1. The number of hydrogen-bond acceptors (Lipinski definition) is 6. The molecule has 1 heterocycles. The van der Waals surface area contributed by atoms with Crippen molar-refractivity contribution in [3.63, 3.8) is 0 Å². The lowest BCUT2D eigenvalue weighted by Gasteiger charge is -2.31. The van der Waals surface area contributed by atoms with Gasteiger partial charge in [-0.15, -0.1) is 11.8 Å². The monoisotopic (exact) mass is 399 g/mol. The van der Waals surface area contributed by atoms with Gasteiger partial charge in [-0.05, 0) is 55.8 Å². The third kappa shape index (κ3) is 5.82. The highest BCUT2D eigenvalue weighted by atomic mass is 32.2. The summed E-state index contributed by atoms with van der Waals surface area (Å²) in [5.74, 6) is 0.476. The summed E-state index contributed by atoms with van der Waals surface area (Å²) in [5.41, 5.74) is 1.30. The Morgan fingerprint density at radius 3 is 2.46 bits per heavy atom. The van der Waals surface area contributed by atoms with Crippen LogP contribution in [0, 0.1) is 0 Å². The number of thioether (sulfide) groups is 1. The van der Waals surface area contributed by atoms with Gasteiger partial charge in [0.05, 0.1) is 6.54 Å². The maximum Gasteiger partial charge on any atom is 0.417 e. The number of nitrogens with one attached hydrogen (secondary N) is 1. The minimum Gasteiger partial charge on any atom is -0.410 e. The molecule has 7 heteroatoms. The second-order valence-electron chi connectivity index (χ2n) is 6.77. The number of nitrogens with zero attached hydrogens (tertiary/aromatic N) is 2. The maximum absolute atomic E-state index is 12.5. The topological polar surface area (TPSA) is 61.9 Å². The molecule has 28 heavy (non-hydrogen) atoms. The first-order valence-corrected chi connectivity index (χ1v) is 10.4. The zero-order valence-corrected chi connectivity index (χ0v) is 17.0. The molecule has 1 saturated heterocycles. The number of ether oxygens (including phenoxy) is 1. The van der Waals surface area contributed by atoms with Gasteiger partial charge in [-0.3, -0.25) is 15.0 Å². The van der Waals surface area contributed by atoms with Gasteiger partial charge in [-0.1, -0.05) is 6.07 Å². The first-order chi connectivity index (χ1) is 13.5. The Morgan fingerprint density at radius 1 is 1.07 bits per heavy atom. The van der Waals surface area contributed by atoms with Crippen LogP contribution in [0.2, 0.25) is 0 Å². The molecule has 1 fully saturated rings. The molecule has 2 aromatic carbocycles. The average Bonchev–Trinajstić information content (AvgIpc) is 2.70. The zero-order valence-electron chi connectivity index (χ0n) is 16.2. The fourth-order valence-corrected chi connectivity index (χ4v) is 3.42. The number of rotatable bonds is 6. The van der Waals surface area contributed by atoms with Crippen molar-refractivity contribution in [2.24, 2.45) is 0 Å². The Kier molecular flexibility index (Phi) is 7.08. The third-order valence-electron chi connectivity index (χ3n) is 4.67. The van der Waals surface area contributed by atoms with Gasteiger partial charge in [0.25, 0.3) is 0 Å². The largest absolute Gasteiger partial charge is 0.417 e. The Labute approximate surface area is 169 Å². The lowest BCUT2D eigenvalue weighted by molar-refractivity contribution is 0.0876. The van der Waals surface area contributed by atoms with Gasteiger partial charge in [-0.2, -0.15) is 0 Å². The highest BCUT2D eigenvalue weighted by Crippen LogP contribution is 2.20. The molecule has 0 aliphatic carbocycles. The van der Waals surface area contributed by atoms with E-state index in [2.05, 4.69) is 22.2 Å². The molecule has 148 valence electrons. The molecule has 6 nitrogen and oxygen atoms in total. The minimum atomic E-state index is -0.560. The Morgan fingerprint density at radius 2 is 1.79 bits per heavy atom. The summed E-state index contributed by atoms with van der Waals surface area (Å²) in [7, 11) is 2.09. The van der Waals surface area contributed by atoms with Gasteiger partial charge in [0, 0.05) is 42.3 Å². The van der Waals surface area contributed by atoms with Crippen molar-refractivity contribution < 1.29 is 14.3 Å². The number of likely N-dealkylation sites (N-methyl/N-ethyl adjacent to an activating group) is 1. The summed E-state index contributed by atoms with van der Waals surface area (Å²) >= 11 is 1.60. The summed E-state index contributed by atoms with van der Waals surface area (Å²) < 4.78 is 5.30. The van der Waals surface area contributed by atoms with Crippen LogP contribution in [-0.2, 0) is 0 Å². The smallest absolute Gasteiger partial charge is 0.410 e. The number of piperazine rings is 1. The van der Waals surface area contributed by atoms with E-state index in [1.54, 1.807) is 42.1 Å². The van der Waals surface area contributed by atoms with Crippen LogP contribution >= 0.6 is 11.8 Å². The van der Waals surface area contributed by atoms with Crippen LogP contribution in [0.3, 0.4) is 0 Å². The Bertz CT molecular complexity index is 818. The van der Waals surface area contributed by atoms with Gasteiger partial charge < -0.3 is 9.64 Å². The van der Waals surface area contributed by atoms with Crippen molar-refractivity contribution in [3.8, 4) is 5.75 Å². The van der Waals surface area contributed by atoms with E-state index >= 15 is 0 Å². The fraction of sp³-hybridized carbons (Fsp3) is 0.333. The highest BCUT2D eigenvalue weighted by molar-refractivity contribution is 7.98. The van der Waals surface area contributed by atoms with Crippen molar-refractivity contribution in [3.05, 3.63) is 54.1 Å². The number of benzene rings is 2. The highest BCUT2D eigenvalue weighted by Gasteiger charge is 2.17. The summed E-state index contributed by atoms with van der Waals surface area (Å²) in [5, 5.41) is 2.71. The number of carbonyl (C=O) groups excluding carboxylic acids is 2. The second-order valence-corrected chi connectivity index (χ2v) is 7.65. The van der Waals surface area contributed by atoms with E-state index in [1.165, 1.54) is 0 Å². The summed E-state index contributed by atoms with van der Waals surface area (Å²) in [4.78, 5) is 30.0. The molecule has 0 unspecified atom stereocenters. The maximum atomic E-state index is 12.5. The molecule has 0 bridgehead atoms. The summed E-state index contributed by atoms with van der Waals surface area (Å²) in [6, 6.07) is 14.2. The van der Waals surface area contributed by atoms with E-state index in [9.17, 15) is 9.59 Å². The van der Waals surface area contributed by atoms with Crippen molar-refractivity contribution >= 4 is 29.3 Å². The zero-order chi connectivity index (χ0) is 19.9.